The molecule has 1 amide bonds. The third kappa shape index (κ3) is 2.76. The number of amides is 1. The van der Waals surface area contributed by atoms with E-state index in [1.165, 1.54) is 22.4 Å². The lowest BCUT2D eigenvalue weighted by molar-refractivity contribution is 0.100. The van der Waals surface area contributed by atoms with Crippen LogP contribution in [0.5, 0.6) is 0 Å². The van der Waals surface area contributed by atoms with Crippen LogP contribution in [-0.4, -0.2) is 11.9 Å². The highest BCUT2D eigenvalue weighted by Crippen LogP contribution is 2.41. The summed E-state index contributed by atoms with van der Waals surface area (Å²) in [6.07, 6.45) is 1.17. The van der Waals surface area contributed by atoms with E-state index in [2.05, 4.69) is 23.7 Å². The third-order valence-electron chi connectivity index (χ3n) is 3.91. The predicted molar refractivity (Wildman–Crippen MR) is 82.0 cm³/mol. The fourth-order valence-corrected chi connectivity index (χ4v) is 3.35. The zero-order chi connectivity index (χ0) is 14.1. The molecule has 0 spiro atoms. The van der Waals surface area contributed by atoms with Gasteiger partial charge in [0.15, 0.2) is 0 Å². The first-order chi connectivity index (χ1) is 9.65. The molecule has 1 heterocycles. The molecule has 1 aliphatic rings. The maximum atomic E-state index is 11.0. The normalized spacial score (nSPS) is 20.9. The van der Waals surface area contributed by atoms with E-state index in [1.54, 1.807) is 0 Å². The fraction of sp³-hybridized carbons (Fsp3) is 0.312. The number of benzene rings is 1. The molecule has 0 aliphatic heterocycles. The Morgan fingerprint density at radius 3 is 2.70 bits per heavy atom. The Kier molecular flexibility index (Phi) is 3.59. The second-order valence-electron chi connectivity index (χ2n) is 5.34. The van der Waals surface area contributed by atoms with Gasteiger partial charge in [0.25, 0.3) is 0 Å². The molecule has 4 heteroatoms. The van der Waals surface area contributed by atoms with Crippen LogP contribution in [0.15, 0.2) is 35.7 Å². The Labute approximate surface area is 122 Å². The summed E-state index contributed by atoms with van der Waals surface area (Å²) in [6.45, 7) is 3.10. The van der Waals surface area contributed by atoms with Gasteiger partial charge in [0, 0.05) is 28.9 Å². The van der Waals surface area contributed by atoms with Gasteiger partial charge in [-0.2, -0.15) is 0 Å². The van der Waals surface area contributed by atoms with Gasteiger partial charge in [-0.25, -0.2) is 0 Å². The van der Waals surface area contributed by atoms with E-state index in [-0.39, 0.29) is 5.91 Å². The molecule has 1 fully saturated rings. The minimum absolute atomic E-state index is 0.366. The van der Waals surface area contributed by atoms with Gasteiger partial charge >= 0.3 is 0 Å². The fourth-order valence-electron chi connectivity index (χ4n) is 2.49. The quantitative estimate of drug-likeness (QED) is 0.888. The standard InChI is InChI=1S/C16H18N2OS/c1-10-6-7-20-15(10)9-18-14-8-13(14)11-2-4-12(5-3-11)16(17)19/h2-7,13-14,18H,8-9H2,1H3,(H2,17,19). The summed E-state index contributed by atoms with van der Waals surface area (Å²) in [5.41, 5.74) is 8.48. The monoisotopic (exact) mass is 286 g/mol. The summed E-state index contributed by atoms with van der Waals surface area (Å²) < 4.78 is 0. The van der Waals surface area contributed by atoms with E-state index >= 15 is 0 Å². The van der Waals surface area contributed by atoms with Crippen molar-refractivity contribution in [3.8, 4) is 0 Å². The lowest BCUT2D eigenvalue weighted by Crippen LogP contribution is -2.17. The van der Waals surface area contributed by atoms with Crippen LogP contribution in [0.4, 0.5) is 0 Å². The van der Waals surface area contributed by atoms with Crippen molar-refractivity contribution < 1.29 is 4.79 Å². The average molecular weight is 286 g/mol. The van der Waals surface area contributed by atoms with E-state index < -0.39 is 0 Å². The number of primary amides is 1. The molecule has 2 aromatic rings. The first-order valence-electron chi connectivity index (χ1n) is 6.81. The summed E-state index contributed by atoms with van der Waals surface area (Å²) >= 11 is 1.81. The molecule has 0 bridgehead atoms. The summed E-state index contributed by atoms with van der Waals surface area (Å²) in [5, 5.41) is 5.74. The van der Waals surface area contributed by atoms with E-state index in [0.29, 0.717) is 17.5 Å². The molecule has 104 valence electrons. The lowest BCUT2D eigenvalue weighted by atomic mass is 10.1. The molecule has 0 saturated heterocycles. The molecule has 3 rings (SSSR count). The Morgan fingerprint density at radius 2 is 2.10 bits per heavy atom. The number of rotatable bonds is 5. The van der Waals surface area contributed by atoms with Crippen LogP contribution in [0.1, 0.15) is 38.7 Å². The van der Waals surface area contributed by atoms with Gasteiger partial charge in [-0.05, 0) is 48.1 Å². The largest absolute Gasteiger partial charge is 0.366 e. The van der Waals surface area contributed by atoms with Gasteiger partial charge < -0.3 is 11.1 Å². The molecule has 2 atom stereocenters. The topological polar surface area (TPSA) is 55.1 Å². The van der Waals surface area contributed by atoms with Gasteiger partial charge in [-0.1, -0.05) is 12.1 Å². The number of thiophene rings is 1. The minimum atomic E-state index is -0.366. The van der Waals surface area contributed by atoms with Crippen molar-refractivity contribution in [1.29, 1.82) is 0 Å². The molecule has 1 saturated carbocycles. The van der Waals surface area contributed by atoms with Crippen LogP contribution >= 0.6 is 11.3 Å². The number of hydrogen-bond donors (Lipinski definition) is 2. The van der Waals surface area contributed by atoms with Crippen molar-refractivity contribution in [3.05, 3.63) is 57.3 Å². The summed E-state index contributed by atoms with van der Waals surface area (Å²) in [7, 11) is 0. The van der Waals surface area contributed by atoms with Gasteiger partial charge in [0.1, 0.15) is 0 Å². The van der Waals surface area contributed by atoms with Crippen LogP contribution in [0.3, 0.4) is 0 Å². The van der Waals surface area contributed by atoms with E-state index in [9.17, 15) is 4.79 Å². The second kappa shape index (κ2) is 5.38. The lowest BCUT2D eigenvalue weighted by Gasteiger charge is -2.04. The van der Waals surface area contributed by atoms with Gasteiger partial charge in [0.2, 0.25) is 5.91 Å². The number of carbonyl (C=O) groups excluding carboxylic acids is 1. The van der Waals surface area contributed by atoms with Crippen molar-refractivity contribution >= 4 is 17.2 Å². The smallest absolute Gasteiger partial charge is 0.248 e. The number of nitrogens with two attached hydrogens (primary N) is 1. The summed E-state index contributed by atoms with van der Waals surface area (Å²) in [5.74, 6) is 0.201. The van der Waals surface area contributed by atoms with Gasteiger partial charge in [-0.15, -0.1) is 11.3 Å². The molecule has 1 aromatic carbocycles. The molecule has 2 unspecified atom stereocenters. The molecule has 3 N–H and O–H groups in total. The average Bonchev–Trinajstić information content (AvgIpc) is 3.11. The van der Waals surface area contributed by atoms with Gasteiger partial charge in [-0.3, -0.25) is 4.79 Å². The van der Waals surface area contributed by atoms with E-state index in [4.69, 9.17) is 5.73 Å². The number of aryl methyl sites for hydroxylation is 1. The number of hydrogen-bond acceptors (Lipinski definition) is 3. The van der Waals surface area contributed by atoms with E-state index in [0.717, 1.165) is 6.54 Å². The Hall–Kier alpha value is -1.65. The Morgan fingerprint density at radius 1 is 1.35 bits per heavy atom. The first kappa shape index (κ1) is 13.3. The van der Waals surface area contributed by atoms with Gasteiger partial charge in [0.05, 0.1) is 0 Å². The number of carbonyl (C=O) groups is 1. The molecule has 3 nitrogen and oxygen atoms in total. The molecular formula is C16H18N2OS. The number of nitrogens with one attached hydrogen (secondary N) is 1. The second-order valence-corrected chi connectivity index (χ2v) is 6.34. The highest BCUT2D eigenvalue weighted by atomic mass is 32.1. The molecular weight excluding hydrogens is 268 g/mol. The van der Waals surface area contributed by atoms with Crippen LogP contribution in [-0.2, 0) is 6.54 Å². The highest BCUT2D eigenvalue weighted by molar-refractivity contribution is 7.10. The zero-order valence-electron chi connectivity index (χ0n) is 11.4. The van der Waals surface area contributed by atoms with Crippen molar-refractivity contribution in [2.45, 2.75) is 31.8 Å². The maximum Gasteiger partial charge on any atom is 0.248 e. The van der Waals surface area contributed by atoms with Crippen LogP contribution in [0.25, 0.3) is 0 Å². The predicted octanol–water partition coefficient (Wildman–Crippen LogP) is 2.80. The third-order valence-corrected chi connectivity index (χ3v) is 4.93. The maximum absolute atomic E-state index is 11.0. The van der Waals surface area contributed by atoms with Crippen LogP contribution in [0, 0.1) is 6.92 Å². The Balaban J connectivity index is 1.56. The Bertz CT molecular complexity index is 618. The van der Waals surface area contributed by atoms with E-state index in [1.807, 2.05) is 35.6 Å². The van der Waals surface area contributed by atoms with Crippen molar-refractivity contribution in [2.24, 2.45) is 5.73 Å². The summed E-state index contributed by atoms with van der Waals surface area (Å²) in [4.78, 5) is 12.5. The molecule has 1 aromatic heterocycles. The van der Waals surface area contributed by atoms with Crippen LogP contribution < -0.4 is 11.1 Å². The molecule has 20 heavy (non-hydrogen) atoms. The van der Waals surface area contributed by atoms with Crippen molar-refractivity contribution in [1.82, 2.24) is 5.32 Å². The zero-order valence-corrected chi connectivity index (χ0v) is 12.2. The molecule has 0 radical (unpaired) electrons. The van der Waals surface area contributed by atoms with Crippen molar-refractivity contribution in [2.75, 3.05) is 0 Å². The molecule has 1 aliphatic carbocycles. The highest BCUT2D eigenvalue weighted by Gasteiger charge is 2.37. The first-order valence-corrected chi connectivity index (χ1v) is 7.69. The summed E-state index contributed by atoms with van der Waals surface area (Å²) in [6, 6.07) is 10.4. The van der Waals surface area contributed by atoms with Crippen molar-refractivity contribution in [3.63, 3.8) is 0 Å². The minimum Gasteiger partial charge on any atom is -0.366 e. The van der Waals surface area contributed by atoms with Crippen LogP contribution in [0.2, 0.25) is 0 Å². The SMILES string of the molecule is Cc1ccsc1CNC1CC1c1ccc(C(N)=O)cc1.